The first-order valence-electron chi connectivity index (χ1n) is 12.7. The molecule has 0 saturated heterocycles. The Balaban J connectivity index is 1.42. The highest BCUT2D eigenvalue weighted by atomic mass is 35.5. The number of carbonyl (C=O) groups is 3. The van der Waals surface area contributed by atoms with E-state index in [1.54, 1.807) is 61.5 Å². The maximum Gasteiger partial charge on any atom is 0.272 e. The standard InChI is InChI=1S/C31H24ClFN4O5S/c1-19-16-22(37(41)42)12-15-27(19)35-29(38)18-43-23-13-10-21(11-14-23)34-31(40)28(17-24-25(32)8-5-9-26(24)33)36-30(39)20-6-3-2-4-7-20/h2-17H,18H2,1H3,(H,34,40)(H,35,38)(H,36,39)/b28-17-. The van der Waals surface area contributed by atoms with Crippen LogP contribution in [0, 0.1) is 22.9 Å². The van der Waals surface area contributed by atoms with Gasteiger partial charge in [-0.05, 0) is 73.2 Å². The minimum Gasteiger partial charge on any atom is -0.325 e. The first-order valence-corrected chi connectivity index (χ1v) is 14.1. The zero-order chi connectivity index (χ0) is 30.9. The lowest BCUT2D eigenvalue weighted by atomic mass is 10.1. The highest BCUT2D eigenvalue weighted by Gasteiger charge is 2.17. The van der Waals surface area contributed by atoms with Crippen molar-refractivity contribution in [3.05, 3.63) is 134 Å². The van der Waals surface area contributed by atoms with E-state index in [0.717, 1.165) is 4.90 Å². The van der Waals surface area contributed by atoms with Crippen molar-refractivity contribution in [1.29, 1.82) is 0 Å². The van der Waals surface area contributed by atoms with Crippen LogP contribution >= 0.6 is 23.4 Å². The quantitative estimate of drug-likeness (QED) is 0.0772. The van der Waals surface area contributed by atoms with Crippen LogP contribution in [0.15, 0.2) is 102 Å². The molecule has 0 aliphatic carbocycles. The van der Waals surface area contributed by atoms with Crippen molar-refractivity contribution in [1.82, 2.24) is 5.32 Å². The van der Waals surface area contributed by atoms with E-state index in [0.29, 0.717) is 22.5 Å². The Bertz CT molecular complexity index is 1700. The minimum atomic E-state index is -0.707. The molecular formula is C31H24ClFN4O5S. The molecule has 0 radical (unpaired) electrons. The predicted octanol–water partition coefficient (Wildman–Crippen LogP) is 6.84. The van der Waals surface area contributed by atoms with E-state index in [1.165, 1.54) is 54.2 Å². The molecule has 0 aromatic heterocycles. The van der Waals surface area contributed by atoms with Crippen molar-refractivity contribution in [2.24, 2.45) is 0 Å². The number of thioether (sulfide) groups is 1. The van der Waals surface area contributed by atoms with Gasteiger partial charge < -0.3 is 16.0 Å². The lowest BCUT2D eigenvalue weighted by molar-refractivity contribution is -0.384. The summed E-state index contributed by atoms with van der Waals surface area (Å²) in [7, 11) is 0. The number of halogens is 2. The number of nitro benzene ring substituents is 1. The molecule has 218 valence electrons. The molecule has 0 atom stereocenters. The first-order chi connectivity index (χ1) is 20.6. The summed E-state index contributed by atoms with van der Waals surface area (Å²) in [4.78, 5) is 49.6. The summed E-state index contributed by atoms with van der Waals surface area (Å²) in [6.45, 7) is 1.67. The maximum absolute atomic E-state index is 14.5. The SMILES string of the molecule is Cc1cc([N+](=O)[O-])ccc1NC(=O)CSc1ccc(NC(=O)/C(=C/c2c(F)cccc2Cl)NC(=O)c2ccccc2)cc1. The van der Waals surface area contributed by atoms with E-state index in [-0.39, 0.29) is 33.6 Å². The summed E-state index contributed by atoms with van der Waals surface area (Å²) in [5, 5.41) is 18.9. The molecule has 0 unspecified atom stereocenters. The van der Waals surface area contributed by atoms with Gasteiger partial charge in [0.1, 0.15) is 11.5 Å². The van der Waals surface area contributed by atoms with Crippen LogP contribution in [-0.4, -0.2) is 28.4 Å². The molecule has 4 rings (SSSR count). The predicted molar refractivity (Wildman–Crippen MR) is 166 cm³/mol. The molecule has 0 spiro atoms. The molecule has 0 saturated carbocycles. The van der Waals surface area contributed by atoms with Gasteiger partial charge in [-0.1, -0.05) is 35.9 Å². The van der Waals surface area contributed by atoms with Crippen LogP contribution < -0.4 is 16.0 Å². The molecule has 0 bridgehead atoms. The van der Waals surface area contributed by atoms with Crippen LogP contribution in [0.5, 0.6) is 0 Å². The van der Waals surface area contributed by atoms with Gasteiger partial charge in [0.25, 0.3) is 17.5 Å². The Hall–Kier alpha value is -5.00. The Morgan fingerprint density at radius 1 is 0.953 bits per heavy atom. The maximum atomic E-state index is 14.5. The van der Waals surface area contributed by atoms with Crippen molar-refractivity contribution in [3.8, 4) is 0 Å². The van der Waals surface area contributed by atoms with Gasteiger partial charge in [-0.3, -0.25) is 24.5 Å². The summed E-state index contributed by atoms with van der Waals surface area (Å²) in [6.07, 6.45) is 1.17. The topological polar surface area (TPSA) is 130 Å². The van der Waals surface area contributed by atoms with Crippen molar-refractivity contribution >= 4 is 64.2 Å². The highest BCUT2D eigenvalue weighted by molar-refractivity contribution is 8.00. The van der Waals surface area contributed by atoms with Crippen LogP contribution in [0.4, 0.5) is 21.5 Å². The van der Waals surface area contributed by atoms with Gasteiger partial charge in [0, 0.05) is 39.5 Å². The van der Waals surface area contributed by atoms with Crippen molar-refractivity contribution in [2.75, 3.05) is 16.4 Å². The highest BCUT2D eigenvalue weighted by Crippen LogP contribution is 2.25. The van der Waals surface area contributed by atoms with E-state index >= 15 is 0 Å². The largest absolute Gasteiger partial charge is 0.325 e. The molecule has 9 nitrogen and oxygen atoms in total. The van der Waals surface area contributed by atoms with Crippen molar-refractivity contribution < 1.29 is 23.7 Å². The number of nitro groups is 1. The summed E-state index contributed by atoms with van der Waals surface area (Å²) in [6, 6.07) is 23.1. The van der Waals surface area contributed by atoms with Crippen LogP contribution in [0.3, 0.4) is 0 Å². The number of non-ortho nitro benzene ring substituents is 1. The smallest absolute Gasteiger partial charge is 0.272 e. The van der Waals surface area contributed by atoms with Crippen molar-refractivity contribution in [3.63, 3.8) is 0 Å². The molecule has 0 aliphatic rings. The number of nitrogens with zero attached hydrogens (tertiary/aromatic N) is 1. The van der Waals surface area contributed by atoms with Gasteiger partial charge in [-0.25, -0.2) is 4.39 Å². The number of carbonyl (C=O) groups excluding carboxylic acids is 3. The fraction of sp³-hybridized carbons (Fsp3) is 0.0645. The molecule has 3 amide bonds. The molecule has 3 N–H and O–H groups in total. The second-order valence-corrected chi connectivity index (χ2v) is 10.5. The van der Waals surface area contributed by atoms with Gasteiger partial charge >= 0.3 is 0 Å². The van der Waals surface area contributed by atoms with E-state index < -0.39 is 22.6 Å². The summed E-state index contributed by atoms with van der Waals surface area (Å²) < 4.78 is 14.5. The van der Waals surface area contributed by atoms with Crippen LogP contribution in [0.1, 0.15) is 21.5 Å². The number of hydrogen-bond acceptors (Lipinski definition) is 6. The van der Waals surface area contributed by atoms with Gasteiger partial charge in [-0.15, -0.1) is 11.8 Å². The van der Waals surface area contributed by atoms with Gasteiger partial charge in [-0.2, -0.15) is 0 Å². The van der Waals surface area contributed by atoms with E-state index in [2.05, 4.69) is 16.0 Å². The second-order valence-electron chi connectivity index (χ2n) is 9.09. The number of rotatable bonds is 10. The molecule has 43 heavy (non-hydrogen) atoms. The summed E-state index contributed by atoms with van der Waals surface area (Å²) in [5.41, 5.74) is 1.39. The molecule has 4 aromatic rings. The molecule has 0 aliphatic heterocycles. The number of hydrogen-bond donors (Lipinski definition) is 3. The van der Waals surface area contributed by atoms with Gasteiger partial charge in [0.2, 0.25) is 5.91 Å². The average molecular weight is 619 g/mol. The van der Waals surface area contributed by atoms with Crippen LogP contribution in [0.2, 0.25) is 5.02 Å². The lowest BCUT2D eigenvalue weighted by Crippen LogP contribution is -2.30. The van der Waals surface area contributed by atoms with Crippen molar-refractivity contribution in [2.45, 2.75) is 11.8 Å². The normalized spacial score (nSPS) is 11.0. The fourth-order valence-corrected chi connectivity index (χ4v) is 4.72. The monoisotopic (exact) mass is 618 g/mol. The minimum absolute atomic E-state index is 0.0587. The third-order valence-corrected chi connectivity index (χ3v) is 7.34. The Kier molecular flexibility index (Phi) is 10.3. The van der Waals surface area contributed by atoms with Crippen LogP contribution in [-0.2, 0) is 9.59 Å². The van der Waals surface area contributed by atoms with Crippen LogP contribution in [0.25, 0.3) is 6.08 Å². The van der Waals surface area contributed by atoms with E-state index in [4.69, 9.17) is 11.6 Å². The lowest BCUT2D eigenvalue weighted by Gasteiger charge is -2.12. The van der Waals surface area contributed by atoms with E-state index in [1.807, 2.05) is 0 Å². The number of aryl methyl sites for hydroxylation is 1. The molecule has 12 heteroatoms. The summed E-state index contributed by atoms with van der Waals surface area (Å²) in [5.74, 6) is -2.16. The molecule has 0 fully saturated rings. The zero-order valence-corrected chi connectivity index (χ0v) is 24.2. The molecule has 0 heterocycles. The van der Waals surface area contributed by atoms with Gasteiger partial charge in [0.15, 0.2) is 0 Å². The third kappa shape index (κ3) is 8.51. The molecular weight excluding hydrogens is 595 g/mol. The van der Waals surface area contributed by atoms with E-state index in [9.17, 15) is 28.9 Å². The number of nitrogens with one attached hydrogen (secondary N) is 3. The van der Waals surface area contributed by atoms with Gasteiger partial charge in [0.05, 0.1) is 15.7 Å². The zero-order valence-electron chi connectivity index (χ0n) is 22.6. The molecule has 4 aromatic carbocycles. The third-order valence-electron chi connectivity index (χ3n) is 5.99. The summed E-state index contributed by atoms with van der Waals surface area (Å²) >= 11 is 7.40. The Labute approximate surface area is 255 Å². The number of anilines is 2. The second kappa shape index (κ2) is 14.3. The number of benzene rings is 4. The average Bonchev–Trinajstić information content (AvgIpc) is 2.99. The fourth-order valence-electron chi connectivity index (χ4n) is 3.81. The number of amides is 3. The Morgan fingerprint density at radius 2 is 1.67 bits per heavy atom. The Morgan fingerprint density at radius 3 is 2.33 bits per heavy atom. The first kappa shape index (κ1) is 30.9.